The van der Waals surface area contributed by atoms with Crippen LogP contribution in [0.15, 0.2) is 0 Å². The Morgan fingerprint density at radius 1 is 0.684 bits per heavy atom. The van der Waals surface area contributed by atoms with Crippen LogP contribution in [-0.4, -0.2) is 93.7 Å². The van der Waals surface area contributed by atoms with Gasteiger partial charge in [0, 0.05) is 6.54 Å². The molecule has 0 amide bonds. The molecule has 0 aliphatic carbocycles. The minimum absolute atomic E-state index is 0.0572. The first kappa shape index (κ1) is 36.3. The van der Waals surface area contributed by atoms with Gasteiger partial charge >= 0.3 is 17.9 Å². The molecular weight excluding hydrogens is 488 g/mol. The van der Waals surface area contributed by atoms with E-state index in [1.54, 1.807) is 0 Å². The highest BCUT2D eigenvalue weighted by molar-refractivity contribution is 5.72. The molecule has 0 radical (unpaired) electrons. The molecule has 0 heterocycles. The van der Waals surface area contributed by atoms with Crippen molar-refractivity contribution >= 4 is 17.9 Å². The third kappa shape index (κ3) is 21.2. The van der Waals surface area contributed by atoms with Gasteiger partial charge in [0.15, 0.2) is 6.54 Å². The van der Waals surface area contributed by atoms with Crippen molar-refractivity contribution in [1.29, 1.82) is 0 Å². The van der Waals surface area contributed by atoms with Gasteiger partial charge in [-0.25, -0.2) is 4.79 Å². The second kappa shape index (κ2) is 15.2. The van der Waals surface area contributed by atoms with E-state index >= 15 is 0 Å². The quantitative estimate of drug-likeness (QED) is 0.126. The number of esters is 3. The van der Waals surface area contributed by atoms with E-state index in [-0.39, 0.29) is 61.5 Å². The zero-order valence-corrected chi connectivity index (χ0v) is 26.4. The maximum atomic E-state index is 12.5. The molecule has 0 atom stereocenters. The van der Waals surface area contributed by atoms with E-state index in [9.17, 15) is 14.4 Å². The van der Waals surface area contributed by atoms with E-state index in [1.807, 2.05) is 41.8 Å². The zero-order chi connectivity index (χ0) is 29.8. The Hall–Kier alpha value is -1.71. The first-order chi connectivity index (χ1) is 17.0. The zero-order valence-electron chi connectivity index (χ0n) is 26.4. The van der Waals surface area contributed by atoms with Gasteiger partial charge in [0.25, 0.3) is 0 Å². The van der Waals surface area contributed by atoms with E-state index in [1.165, 1.54) is 0 Å². The van der Waals surface area contributed by atoms with Crippen LogP contribution in [-0.2, 0) is 33.3 Å². The highest BCUT2D eigenvalue weighted by Gasteiger charge is 2.32. The van der Waals surface area contributed by atoms with Gasteiger partial charge in [0.05, 0.1) is 40.3 Å². The van der Waals surface area contributed by atoms with Gasteiger partial charge in [-0.3, -0.25) is 9.59 Å². The number of nitrogens with one attached hydrogen (secondary N) is 1. The molecule has 9 heteroatoms. The molecule has 0 aromatic carbocycles. The third-order valence-electron chi connectivity index (χ3n) is 5.35. The van der Waals surface area contributed by atoms with Crippen LogP contribution in [0.2, 0.25) is 0 Å². The maximum Gasteiger partial charge on any atom is 0.362 e. The Bertz CT molecular complexity index is 747. The van der Waals surface area contributed by atoms with Crippen molar-refractivity contribution in [3.8, 4) is 0 Å². The van der Waals surface area contributed by atoms with Crippen LogP contribution < -0.4 is 5.32 Å². The molecule has 0 bridgehead atoms. The summed E-state index contributed by atoms with van der Waals surface area (Å²) in [6, 6.07) is 0. The molecule has 0 aromatic heterocycles. The lowest BCUT2D eigenvalue weighted by atomic mass is 9.83. The number of hydrogen-bond acceptors (Lipinski definition) is 8. The lowest BCUT2D eigenvalue weighted by molar-refractivity contribution is -0.883. The Morgan fingerprint density at radius 2 is 1.18 bits per heavy atom. The summed E-state index contributed by atoms with van der Waals surface area (Å²) in [5, 5.41) is 2.94. The van der Waals surface area contributed by atoms with Crippen LogP contribution in [0, 0.1) is 10.8 Å². The van der Waals surface area contributed by atoms with E-state index < -0.39 is 11.2 Å². The van der Waals surface area contributed by atoms with E-state index in [0.717, 1.165) is 12.8 Å². The monoisotopic (exact) mass is 545 g/mol. The Kier molecular flexibility index (Phi) is 14.5. The summed E-state index contributed by atoms with van der Waals surface area (Å²) in [7, 11) is 3.90. The molecule has 0 aliphatic rings. The summed E-state index contributed by atoms with van der Waals surface area (Å²) in [6.45, 7) is 22.5. The summed E-state index contributed by atoms with van der Waals surface area (Å²) < 4.78 is 22.5. The normalized spacial score (nSPS) is 13.3. The van der Waals surface area contributed by atoms with Crippen LogP contribution in [0.3, 0.4) is 0 Å². The molecule has 0 unspecified atom stereocenters. The van der Waals surface area contributed by atoms with E-state index in [4.69, 9.17) is 18.9 Å². The number of nitrogens with zero attached hydrogens (tertiary/aromatic N) is 1. The lowest BCUT2D eigenvalue weighted by Crippen LogP contribution is -2.48. The SMILES string of the molecule is CC(C)(C)CC(C)(C)OC(=O)CNCCOC(=O)CCOCC[N+](C)(C)CC(=O)OC(C)(C)CC(C)(C)C. The first-order valence-corrected chi connectivity index (χ1v) is 13.7. The van der Waals surface area contributed by atoms with Crippen molar-refractivity contribution in [2.45, 2.75) is 99.7 Å². The minimum Gasteiger partial charge on any atom is -0.464 e. The standard InChI is InChI=1S/C29H57N2O7/c1-26(2,3)21-28(7,8)37-24(33)19-30-14-17-36-23(32)13-16-35-18-15-31(11,12)20-25(34)38-29(9,10)22-27(4,5)6/h30H,13-22H2,1-12H3/q+1. The minimum atomic E-state index is -0.538. The smallest absolute Gasteiger partial charge is 0.362 e. The summed E-state index contributed by atoms with van der Waals surface area (Å²) in [5.41, 5.74) is -0.934. The highest BCUT2D eigenvalue weighted by Crippen LogP contribution is 2.30. The molecule has 1 N–H and O–H groups in total. The van der Waals surface area contributed by atoms with Crippen LogP contribution in [0.1, 0.15) is 88.5 Å². The molecule has 38 heavy (non-hydrogen) atoms. The third-order valence-corrected chi connectivity index (χ3v) is 5.35. The maximum absolute atomic E-state index is 12.5. The van der Waals surface area contributed by atoms with Crippen molar-refractivity contribution in [2.75, 3.05) is 60.1 Å². The van der Waals surface area contributed by atoms with Gasteiger partial charge in [-0.2, -0.15) is 0 Å². The molecule has 0 aliphatic heterocycles. The highest BCUT2D eigenvalue weighted by atomic mass is 16.6. The fraction of sp³-hybridized carbons (Fsp3) is 0.897. The molecule has 224 valence electrons. The average molecular weight is 546 g/mol. The van der Waals surface area contributed by atoms with Gasteiger partial charge in [0.1, 0.15) is 24.4 Å². The van der Waals surface area contributed by atoms with Crippen LogP contribution >= 0.6 is 0 Å². The van der Waals surface area contributed by atoms with Crippen molar-refractivity contribution in [1.82, 2.24) is 5.32 Å². The topological polar surface area (TPSA) is 100 Å². The Morgan fingerprint density at radius 3 is 1.68 bits per heavy atom. The van der Waals surface area contributed by atoms with Gasteiger partial charge in [0.2, 0.25) is 0 Å². The summed E-state index contributed by atoms with van der Waals surface area (Å²) in [6.07, 6.45) is 1.67. The average Bonchev–Trinajstić information content (AvgIpc) is 2.61. The lowest BCUT2D eigenvalue weighted by Gasteiger charge is -2.34. The number of hydrogen-bond donors (Lipinski definition) is 1. The van der Waals surface area contributed by atoms with Gasteiger partial charge in [-0.1, -0.05) is 41.5 Å². The van der Waals surface area contributed by atoms with Crippen molar-refractivity contribution < 1.29 is 37.8 Å². The molecule has 0 fully saturated rings. The summed E-state index contributed by atoms with van der Waals surface area (Å²) >= 11 is 0. The van der Waals surface area contributed by atoms with Crippen LogP contribution in [0.4, 0.5) is 0 Å². The fourth-order valence-electron chi connectivity index (χ4n) is 4.81. The molecule has 0 aromatic rings. The van der Waals surface area contributed by atoms with Crippen molar-refractivity contribution in [3.63, 3.8) is 0 Å². The Labute approximate surface area is 231 Å². The van der Waals surface area contributed by atoms with E-state index in [0.29, 0.717) is 24.2 Å². The van der Waals surface area contributed by atoms with Crippen LogP contribution in [0.5, 0.6) is 0 Å². The predicted octanol–water partition coefficient (Wildman–Crippen LogP) is 4.12. The van der Waals surface area contributed by atoms with Crippen molar-refractivity contribution in [2.24, 2.45) is 10.8 Å². The summed E-state index contributed by atoms with van der Waals surface area (Å²) in [5.74, 6) is -0.926. The predicted molar refractivity (Wildman–Crippen MR) is 150 cm³/mol. The van der Waals surface area contributed by atoms with E-state index in [2.05, 4.69) is 46.9 Å². The number of ether oxygens (including phenoxy) is 4. The fourth-order valence-corrected chi connectivity index (χ4v) is 4.81. The molecule has 0 spiro atoms. The molecule has 0 saturated carbocycles. The first-order valence-electron chi connectivity index (χ1n) is 13.7. The number of quaternary nitrogens is 1. The molecule has 0 saturated heterocycles. The molecule has 0 rings (SSSR count). The van der Waals surface area contributed by atoms with Crippen LogP contribution in [0.25, 0.3) is 0 Å². The van der Waals surface area contributed by atoms with Gasteiger partial charge in [-0.05, 0) is 51.4 Å². The Balaban J connectivity index is 4.03. The van der Waals surface area contributed by atoms with Gasteiger partial charge < -0.3 is 28.7 Å². The largest absolute Gasteiger partial charge is 0.464 e. The second-order valence-corrected chi connectivity index (χ2v) is 14.5. The number of likely N-dealkylation sites (N-methyl/N-ethyl adjacent to an activating group) is 1. The molecular formula is C29H57N2O7+. The van der Waals surface area contributed by atoms with Crippen molar-refractivity contribution in [3.05, 3.63) is 0 Å². The number of carbonyl (C=O) groups is 3. The van der Waals surface area contributed by atoms with Gasteiger partial charge in [-0.15, -0.1) is 0 Å². The number of rotatable bonds is 17. The second-order valence-electron chi connectivity index (χ2n) is 14.5. The summed E-state index contributed by atoms with van der Waals surface area (Å²) in [4.78, 5) is 36.4. The number of carbonyl (C=O) groups excluding carboxylic acids is 3. The molecule has 9 nitrogen and oxygen atoms in total.